The number of aliphatic carboxylic acids is 1. The standard InChI is InChI=1S/C13H19NO6S/c1-8(5-11(15)16)13(17)20-12-9-3-4-10(12)7-14(6-9)21(2,18)19/h9-10,12H,1,3-7H2,2H3,(H,15,16)/t9-,10+,12?. The Morgan fingerprint density at radius 2 is 1.81 bits per heavy atom. The molecule has 8 heteroatoms. The largest absolute Gasteiger partial charge is 0.481 e. The zero-order chi connectivity index (χ0) is 15.8. The first-order valence-corrected chi connectivity index (χ1v) is 8.59. The molecular formula is C13H19NO6S. The molecule has 0 aromatic carbocycles. The second-order valence-electron chi connectivity index (χ2n) is 5.72. The number of fused-ring (bicyclic) bond motifs is 2. The van der Waals surface area contributed by atoms with E-state index in [1.807, 2.05) is 0 Å². The monoisotopic (exact) mass is 317 g/mol. The Balaban J connectivity index is 1.99. The number of carbonyl (C=O) groups excluding carboxylic acids is 1. The van der Waals surface area contributed by atoms with Gasteiger partial charge in [-0.2, -0.15) is 0 Å². The van der Waals surface area contributed by atoms with Crippen LogP contribution in [-0.2, 0) is 24.3 Å². The fourth-order valence-electron chi connectivity index (χ4n) is 3.05. The second-order valence-corrected chi connectivity index (χ2v) is 7.70. The zero-order valence-electron chi connectivity index (χ0n) is 11.8. The molecule has 0 spiro atoms. The van der Waals surface area contributed by atoms with Gasteiger partial charge in [-0.05, 0) is 12.8 Å². The molecule has 1 heterocycles. The lowest BCUT2D eigenvalue weighted by atomic mass is 9.96. The van der Waals surface area contributed by atoms with E-state index in [2.05, 4.69) is 6.58 Å². The topological polar surface area (TPSA) is 101 Å². The number of esters is 1. The van der Waals surface area contributed by atoms with Crippen LogP contribution in [0.25, 0.3) is 0 Å². The number of carboxylic acid groups (broad SMARTS) is 1. The van der Waals surface area contributed by atoms with E-state index < -0.39 is 28.4 Å². The number of rotatable bonds is 5. The van der Waals surface area contributed by atoms with Gasteiger partial charge in [0.2, 0.25) is 10.0 Å². The van der Waals surface area contributed by atoms with Gasteiger partial charge in [-0.15, -0.1) is 0 Å². The van der Waals surface area contributed by atoms with Crippen LogP contribution in [0, 0.1) is 11.8 Å². The first-order chi connectivity index (χ1) is 9.68. The summed E-state index contributed by atoms with van der Waals surface area (Å²) in [7, 11) is -3.24. The molecule has 2 rings (SSSR count). The maximum Gasteiger partial charge on any atom is 0.334 e. The Kier molecular flexibility index (Phi) is 4.38. The summed E-state index contributed by atoms with van der Waals surface area (Å²) < 4.78 is 30.0. The minimum atomic E-state index is -3.24. The maximum atomic E-state index is 11.8. The summed E-state index contributed by atoms with van der Waals surface area (Å²) in [5.41, 5.74) is -0.0903. The number of carbonyl (C=O) groups is 2. The number of hydrogen-bond donors (Lipinski definition) is 1. The van der Waals surface area contributed by atoms with E-state index in [0.29, 0.717) is 13.1 Å². The third-order valence-corrected chi connectivity index (χ3v) is 5.32. The van der Waals surface area contributed by atoms with E-state index >= 15 is 0 Å². The second kappa shape index (κ2) is 5.76. The predicted molar refractivity (Wildman–Crippen MR) is 73.9 cm³/mol. The Morgan fingerprint density at radius 3 is 2.24 bits per heavy atom. The van der Waals surface area contributed by atoms with Gasteiger partial charge in [0.25, 0.3) is 0 Å². The molecule has 2 fully saturated rings. The van der Waals surface area contributed by atoms with Gasteiger partial charge >= 0.3 is 11.9 Å². The number of ether oxygens (including phenoxy) is 1. The lowest BCUT2D eigenvalue weighted by molar-refractivity contribution is -0.151. The average Bonchev–Trinajstić information content (AvgIpc) is 2.59. The number of sulfonamides is 1. The summed E-state index contributed by atoms with van der Waals surface area (Å²) in [5.74, 6) is -1.89. The molecule has 1 unspecified atom stereocenters. The van der Waals surface area contributed by atoms with Crippen molar-refractivity contribution in [3.8, 4) is 0 Å². The van der Waals surface area contributed by atoms with Crippen molar-refractivity contribution >= 4 is 22.0 Å². The van der Waals surface area contributed by atoms with Gasteiger partial charge in [0, 0.05) is 30.5 Å². The fourth-order valence-corrected chi connectivity index (χ4v) is 3.98. The van der Waals surface area contributed by atoms with Crippen molar-refractivity contribution < 1.29 is 27.9 Å². The van der Waals surface area contributed by atoms with Gasteiger partial charge in [0.1, 0.15) is 6.10 Å². The highest BCUT2D eigenvalue weighted by atomic mass is 32.2. The first kappa shape index (κ1) is 16.0. The summed E-state index contributed by atoms with van der Waals surface area (Å²) in [6.07, 6.45) is 1.99. The van der Waals surface area contributed by atoms with E-state index in [4.69, 9.17) is 9.84 Å². The molecule has 1 saturated heterocycles. The molecule has 0 amide bonds. The van der Waals surface area contributed by atoms with Crippen molar-refractivity contribution in [3.63, 3.8) is 0 Å². The predicted octanol–water partition coefficient (Wildman–Crippen LogP) is 0.231. The minimum absolute atomic E-state index is 0.0277. The SMILES string of the molecule is C=C(CC(=O)O)C(=O)OC1[C@@H]2CC[C@H]1CN(S(C)(=O)=O)C2. The highest BCUT2D eigenvalue weighted by molar-refractivity contribution is 7.88. The summed E-state index contributed by atoms with van der Waals surface area (Å²) >= 11 is 0. The van der Waals surface area contributed by atoms with Crippen LogP contribution in [0.3, 0.4) is 0 Å². The molecule has 7 nitrogen and oxygen atoms in total. The number of piperidine rings is 1. The van der Waals surface area contributed by atoms with Crippen LogP contribution in [-0.4, -0.2) is 55.2 Å². The summed E-state index contributed by atoms with van der Waals surface area (Å²) in [6, 6.07) is 0. The third-order valence-electron chi connectivity index (χ3n) is 4.08. The molecular weight excluding hydrogens is 298 g/mol. The van der Waals surface area contributed by atoms with E-state index in [9.17, 15) is 18.0 Å². The molecule has 2 bridgehead atoms. The molecule has 1 aliphatic heterocycles. The molecule has 3 atom stereocenters. The molecule has 0 radical (unpaired) electrons. The van der Waals surface area contributed by atoms with Crippen molar-refractivity contribution in [1.82, 2.24) is 4.31 Å². The van der Waals surface area contributed by atoms with Crippen LogP contribution < -0.4 is 0 Å². The molecule has 0 aromatic heterocycles. The van der Waals surface area contributed by atoms with E-state index in [1.165, 1.54) is 10.6 Å². The van der Waals surface area contributed by atoms with Gasteiger partial charge in [-0.3, -0.25) is 4.79 Å². The van der Waals surface area contributed by atoms with E-state index in [1.54, 1.807) is 0 Å². The Bertz CT molecular complexity index is 555. The van der Waals surface area contributed by atoms with Crippen LogP contribution in [0.5, 0.6) is 0 Å². The highest BCUT2D eigenvalue weighted by Gasteiger charge is 2.46. The summed E-state index contributed by atoms with van der Waals surface area (Å²) in [6.45, 7) is 4.12. The quantitative estimate of drug-likeness (QED) is 0.575. The van der Waals surface area contributed by atoms with E-state index in [0.717, 1.165) is 12.8 Å². The van der Waals surface area contributed by atoms with Crippen LogP contribution in [0.15, 0.2) is 12.2 Å². The molecule has 1 saturated carbocycles. The van der Waals surface area contributed by atoms with Gasteiger partial charge in [0.05, 0.1) is 12.7 Å². The van der Waals surface area contributed by atoms with Crippen LogP contribution >= 0.6 is 0 Å². The smallest absolute Gasteiger partial charge is 0.334 e. The lowest BCUT2D eigenvalue weighted by Crippen LogP contribution is -2.48. The Hall–Kier alpha value is -1.41. The highest BCUT2D eigenvalue weighted by Crippen LogP contribution is 2.40. The van der Waals surface area contributed by atoms with Crippen molar-refractivity contribution in [3.05, 3.63) is 12.2 Å². The van der Waals surface area contributed by atoms with Gasteiger partial charge < -0.3 is 9.84 Å². The number of hydrogen-bond acceptors (Lipinski definition) is 5. The summed E-state index contributed by atoms with van der Waals surface area (Å²) in [5, 5.41) is 8.64. The van der Waals surface area contributed by atoms with Crippen molar-refractivity contribution in [1.29, 1.82) is 0 Å². The lowest BCUT2D eigenvalue weighted by Gasteiger charge is -2.36. The van der Waals surface area contributed by atoms with Gasteiger partial charge in [-0.25, -0.2) is 17.5 Å². The zero-order valence-corrected chi connectivity index (χ0v) is 12.6. The number of carboxylic acids is 1. The Morgan fingerprint density at radius 1 is 1.29 bits per heavy atom. The van der Waals surface area contributed by atoms with Crippen LogP contribution in [0.2, 0.25) is 0 Å². The molecule has 1 N–H and O–H groups in total. The van der Waals surface area contributed by atoms with Crippen molar-refractivity contribution in [2.24, 2.45) is 11.8 Å². The average molecular weight is 317 g/mol. The number of nitrogens with zero attached hydrogens (tertiary/aromatic N) is 1. The Labute approximate surface area is 123 Å². The van der Waals surface area contributed by atoms with Gasteiger partial charge in [0.15, 0.2) is 0 Å². The van der Waals surface area contributed by atoms with Crippen molar-refractivity contribution in [2.45, 2.75) is 25.4 Å². The molecule has 0 aromatic rings. The minimum Gasteiger partial charge on any atom is -0.481 e. The molecule has 2 aliphatic rings. The molecule has 118 valence electrons. The van der Waals surface area contributed by atoms with Crippen LogP contribution in [0.4, 0.5) is 0 Å². The van der Waals surface area contributed by atoms with Crippen LogP contribution in [0.1, 0.15) is 19.3 Å². The van der Waals surface area contributed by atoms with Crippen molar-refractivity contribution in [2.75, 3.05) is 19.3 Å². The molecule has 21 heavy (non-hydrogen) atoms. The summed E-state index contributed by atoms with van der Waals surface area (Å²) in [4.78, 5) is 22.4. The molecule has 1 aliphatic carbocycles. The first-order valence-electron chi connectivity index (χ1n) is 6.74. The van der Waals surface area contributed by atoms with Gasteiger partial charge in [-0.1, -0.05) is 6.58 Å². The van der Waals surface area contributed by atoms with E-state index in [-0.39, 0.29) is 23.5 Å². The fraction of sp³-hybridized carbons (Fsp3) is 0.692. The normalized spacial score (nSPS) is 29.1. The third kappa shape index (κ3) is 3.62. The maximum absolute atomic E-state index is 11.8.